The minimum Gasteiger partial charge on any atom is -0.496 e. The zero-order chi connectivity index (χ0) is 18.9. The van der Waals surface area contributed by atoms with E-state index >= 15 is 0 Å². The van der Waals surface area contributed by atoms with Gasteiger partial charge in [0.2, 0.25) is 0 Å². The fraction of sp³-hybridized carbons (Fsp3) is 0.176. The summed E-state index contributed by atoms with van der Waals surface area (Å²) in [6.07, 6.45) is 1.61. The van der Waals surface area contributed by atoms with Crippen LogP contribution in [0.1, 0.15) is 11.1 Å². The number of phosphoric ester groups is 1. The summed E-state index contributed by atoms with van der Waals surface area (Å²) in [5.74, 6) is 0.834. The van der Waals surface area contributed by atoms with Gasteiger partial charge in [-0.15, -0.1) is 5.10 Å². The molecule has 136 valence electrons. The molecule has 0 atom stereocenters. The molecule has 2 N–H and O–H groups in total. The van der Waals surface area contributed by atoms with Gasteiger partial charge in [-0.2, -0.15) is 0 Å². The Morgan fingerprint density at radius 1 is 1.12 bits per heavy atom. The number of aromatic nitrogens is 3. The van der Waals surface area contributed by atoms with Gasteiger partial charge in [-0.25, -0.2) is 9.25 Å². The van der Waals surface area contributed by atoms with Crippen LogP contribution in [0.15, 0.2) is 42.6 Å². The van der Waals surface area contributed by atoms with Crippen molar-refractivity contribution in [3.63, 3.8) is 0 Å². The second-order valence-corrected chi connectivity index (χ2v) is 6.89. The predicted octanol–water partition coefficient (Wildman–Crippen LogP) is 3.03. The first-order valence-electron chi connectivity index (χ1n) is 7.70. The average molecular weight is 375 g/mol. The lowest BCUT2D eigenvalue weighted by atomic mass is 10.1. The molecule has 8 nitrogen and oxygen atoms in total. The molecule has 1 heterocycles. The molecule has 26 heavy (non-hydrogen) atoms. The van der Waals surface area contributed by atoms with Crippen LogP contribution in [0, 0.1) is 13.8 Å². The second kappa shape index (κ2) is 6.92. The summed E-state index contributed by atoms with van der Waals surface area (Å²) in [5.41, 5.74) is 4.40. The van der Waals surface area contributed by atoms with Crippen molar-refractivity contribution in [2.75, 3.05) is 7.11 Å². The lowest BCUT2D eigenvalue weighted by Crippen LogP contribution is -2.02. The molecular formula is C17H18N3O5P. The van der Waals surface area contributed by atoms with Gasteiger partial charge in [0.1, 0.15) is 11.5 Å². The van der Waals surface area contributed by atoms with E-state index in [0.29, 0.717) is 0 Å². The Bertz CT molecular complexity index is 979. The molecule has 0 radical (unpaired) electrons. The van der Waals surface area contributed by atoms with Gasteiger partial charge in [-0.1, -0.05) is 5.21 Å². The molecular weight excluding hydrogens is 357 g/mol. The topological polar surface area (TPSA) is 107 Å². The molecule has 0 fully saturated rings. The highest BCUT2D eigenvalue weighted by Gasteiger charge is 2.16. The number of nitrogens with zero attached hydrogens (tertiary/aromatic N) is 3. The number of phosphoric acid groups is 1. The second-order valence-electron chi connectivity index (χ2n) is 5.73. The van der Waals surface area contributed by atoms with Crippen molar-refractivity contribution in [1.82, 2.24) is 15.0 Å². The molecule has 1 aromatic heterocycles. The number of hydrogen-bond acceptors (Lipinski definition) is 5. The minimum atomic E-state index is -4.58. The molecule has 3 rings (SSSR count). The van der Waals surface area contributed by atoms with Crippen molar-refractivity contribution in [1.29, 1.82) is 0 Å². The summed E-state index contributed by atoms with van der Waals surface area (Å²) in [4.78, 5) is 17.7. The van der Waals surface area contributed by atoms with Gasteiger partial charge in [0.15, 0.2) is 0 Å². The van der Waals surface area contributed by atoms with E-state index in [1.807, 2.05) is 26.0 Å². The van der Waals surface area contributed by atoms with Gasteiger partial charge in [-0.05, 0) is 55.3 Å². The van der Waals surface area contributed by atoms with E-state index in [0.717, 1.165) is 33.8 Å². The molecule has 0 spiro atoms. The zero-order valence-corrected chi connectivity index (χ0v) is 15.3. The van der Waals surface area contributed by atoms with Crippen molar-refractivity contribution in [3.05, 3.63) is 53.7 Å². The first kappa shape index (κ1) is 18.1. The Labute approximate surface area is 150 Å². The van der Waals surface area contributed by atoms with Crippen molar-refractivity contribution < 1.29 is 23.6 Å². The van der Waals surface area contributed by atoms with Crippen LogP contribution in [-0.4, -0.2) is 31.9 Å². The normalized spacial score (nSPS) is 11.4. The highest BCUT2D eigenvalue weighted by Crippen LogP contribution is 2.38. The Kier molecular flexibility index (Phi) is 4.82. The zero-order valence-electron chi connectivity index (χ0n) is 14.4. The lowest BCUT2D eigenvalue weighted by molar-refractivity contribution is 0.283. The first-order chi connectivity index (χ1) is 12.3. The number of rotatable bonds is 5. The van der Waals surface area contributed by atoms with E-state index in [4.69, 9.17) is 14.5 Å². The van der Waals surface area contributed by atoms with Crippen LogP contribution in [0.3, 0.4) is 0 Å². The molecule has 3 aromatic rings. The largest absolute Gasteiger partial charge is 0.524 e. The van der Waals surface area contributed by atoms with Gasteiger partial charge >= 0.3 is 7.82 Å². The van der Waals surface area contributed by atoms with Crippen LogP contribution < -0.4 is 9.26 Å². The molecule has 0 amide bonds. The molecule has 2 aromatic carbocycles. The monoisotopic (exact) mass is 375 g/mol. The van der Waals surface area contributed by atoms with E-state index in [1.165, 1.54) is 12.1 Å². The van der Waals surface area contributed by atoms with Crippen LogP contribution >= 0.6 is 7.82 Å². The summed E-state index contributed by atoms with van der Waals surface area (Å²) in [7, 11) is -2.96. The first-order valence-corrected chi connectivity index (χ1v) is 9.23. The maximum Gasteiger partial charge on any atom is 0.524 e. The quantitative estimate of drug-likeness (QED) is 0.660. The lowest BCUT2D eigenvalue weighted by Gasteiger charge is -2.13. The van der Waals surface area contributed by atoms with Crippen molar-refractivity contribution in [3.8, 4) is 28.4 Å². The molecule has 0 unspecified atom stereocenters. The van der Waals surface area contributed by atoms with E-state index in [-0.39, 0.29) is 5.75 Å². The highest BCUT2D eigenvalue weighted by atomic mass is 31.2. The third kappa shape index (κ3) is 3.77. The number of methoxy groups -OCH3 is 1. The highest BCUT2D eigenvalue weighted by molar-refractivity contribution is 7.46. The Balaban J connectivity index is 1.99. The van der Waals surface area contributed by atoms with Gasteiger partial charge in [0.25, 0.3) is 0 Å². The fourth-order valence-corrected chi connectivity index (χ4v) is 2.99. The van der Waals surface area contributed by atoms with Crippen LogP contribution in [0.2, 0.25) is 0 Å². The molecule has 0 aliphatic rings. The predicted molar refractivity (Wildman–Crippen MR) is 95.5 cm³/mol. The standard InChI is InChI=1S/C17H18N3O5P/c1-11-8-14(9-17(24-3)12(11)2)20-16(10-18-19-20)13-4-6-15(7-5-13)25-26(21,22)23/h4-10H,1-3H3,(H2,21,22,23). The number of benzene rings is 2. The Morgan fingerprint density at radius 2 is 1.81 bits per heavy atom. The van der Waals surface area contributed by atoms with Crippen LogP contribution in [-0.2, 0) is 4.57 Å². The van der Waals surface area contributed by atoms with E-state index in [2.05, 4.69) is 14.8 Å². The summed E-state index contributed by atoms with van der Waals surface area (Å²) in [6, 6.07) is 10.2. The Morgan fingerprint density at radius 3 is 2.42 bits per heavy atom. The van der Waals surface area contributed by atoms with Crippen molar-refractivity contribution >= 4 is 7.82 Å². The van der Waals surface area contributed by atoms with Crippen LogP contribution in [0.5, 0.6) is 11.5 Å². The van der Waals surface area contributed by atoms with Crippen LogP contribution in [0.25, 0.3) is 16.9 Å². The number of ether oxygens (including phenoxy) is 1. The van der Waals surface area contributed by atoms with E-state index < -0.39 is 7.82 Å². The van der Waals surface area contributed by atoms with Gasteiger partial charge in [-0.3, -0.25) is 9.79 Å². The third-order valence-electron chi connectivity index (χ3n) is 3.99. The maximum absolute atomic E-state index is 10.9. The van der Waals surface area contributed by atoms with E-state index in [1.54, 1.807) is 30.1 Å². The maximum atomic E-state index is 10.9. The van der Waals surface area contributed by atoms with Crippen molar-refractivity contribution in [2.24, 2.45) is 0 Å². The van der Waals surface area contributed by atoms with Gasteiger partial charge in [0, 0.05) is 11.6 Å². The SMILES string of the molecule is COc1cc(-n2nncc2-c2ccc(OP(=O)(O)O)cc2)cc(C)c1C. The smallest absolute Gasteiger partial charge is 0.496 e. The van der Waals surface area contributed by atoms with Crippen LogP contribution in [0.4, 0.5) is 0 Å². The van der Waals surface area contributed by atoms with Gasteiger partial charge < -0.3 is 9.26 Å². The number of aryl methyl sites for hydroxylation is 1. The van der Waals surface area contributed by atoms with E-state index in [9.17, 15) is 4.57 Å². The van der Waals surface area contributed by atoms with Crippen molar-refractivity contribution in [2.45, 2.75) is 13.8 Å². The molecule has 0 bridgehead atoms. The molecule has 0 saturated carbocycles. The Hall–Kier alpha value is -2.67. The minimum absolute atomic E-state index is 0.0777. The third-order valence-corrected chi connectivity index (χ3v) is 4.44. The average Bonchev–Trinajstić information content (AvgIpc) is 3.06. The molecule has 0 aliphatic heterocycles. The molecule has 0 saturated heterocycles. The number of hydrogen-bond donors (Lipinski definition) is 2. The summed E-state index contributed by atoms with van der Waals surface area (Å²) >= 11 is 0. The molecule has 9 heteroatoms. The van der Waals surface area contributed by atoms with Gasteiger partial charge in [0.05, 0.1) is 24.7 Å². The summed E-state index contributed by atoms with van der Waals surface area (Å²) in [6.45, 7) is 3.98. The summed E-state index contributed by atoms with van der Waals surface area (Å²) < 4.78 is 22.6. The summed E-state index contributed by atoms with van der Waals surface area (Å²) in [5, 5.41) is 8.13. The molecule has 0 aliphatic carbocycles. The fourth-order valence-electron chi connectivity index (χ4n) is 2.59.